The van der Waals surface area contributed by atoms with Gasteiger partial charge < -0.3 is 4.74 Å². The smallest absolute Gasteiger partial charge is 0.0888 e. The lowest BCUT2D eigenvalue weighted by atomic mass is 9.96. The van der Waals surface area contributed by atoms with E-state index in [1.54, 1.807) is 0 Å². The fraction of sp³-hybridized carbons (Fsp3) is 0.333. The van der Waals surface area contributed by atoms with Crippen molar-refractivity contribution in [3.8, 4) is 0 Å². The van der Waals surface area contributed by atoms with Gasteiger partial charge in [0.1, 0.15) is 0 Å². The molecule has 0 N–H and O–H groups in total. The Morgan fingerprint density at radius 3 is 2.77 bits per heavy atom. The lowest BCUT2D eigenvalue weighted by Gasteiger charge is -2.14. The average Bonchev–Trinajstić information content (AvgIpc) is 2.67. The van der Waals surface area contributed by atoms with Crippen molar-refractivity contribution >= 4 is 0 Å². The topological polar surface area (TPSA) is 9.23 Å². The summed E-state index contributed by atoms with van der Waals surface area (Å²) in [4.78, 5) is 0. The number of hydrogen-bond donors (Lipinski definition) is 0. The molecule has 1 aliphatic rings. The summed E-state index contributed by atoms with van der Waals surface area (Å²) in [5.41, 5.74) is 1.27. The van der Waals surface area contributed by atoms with Crippen LogP contribution >= 0.6 is 0 Å². The van der Waals surface area contributed by atoms with Crippen molar-refractivity contribution in [2.45, 2.75) is 12.5 Å². The molecule has 0 spiro atoms. The fourth-order valence-electron chi connectivity index (χ4n) is 1.83. The SMILES string of the molecule is C=C[C@@H]1CCO[C@H]1c1ccccc1. The molecule has 2 atom stereocenters. The molecule has 68 valence electrons. The first kappa shape index (κ1) is 8.52. The molecule has 1 heterocycles. The summed E-state index contributed by atoms with van der Waals surface area (Å²) in [6, 6.07) is 10.4. The van der Waals surface area contributed by atoms with Gasteiger partial charge in [-0.25, -0.2) is 0 Å². The molecule has 0 aliphatic carbocycles. The minimum atomic E-state index is 0.235. The van der Waals surface area contributed by atoms with Gasteiger partial charge in [-0.15, -0.1) is 6.58 Å². The Hall–Kier alpha value is -1.08. The highest BCUT2D eigenvalue weighted by atomic mass is 16.5. The molecule has 13 heavy (non-hydrogen) atoms. The van der Waals surface area contributed by atoms with E-state index in [0.29, 0.717) is 5.92 Å². The third-order valence-electron chi connectivity index (χ3n) is 2.57. The second-order valence-corrected chi connectivity index (χ2v) is 3.39. The summed E-state index contributed by atoms with van der Waals surface area (Å²) in [6.07, 6.45) is 3.34. The largest absolute Gasteiger partial charge is 0.373 e. The summed E-state index contributed by atoms with van der Waals surface area (Å²) >= 11 is 0. The third-order valence-corrected chi connectivity index (χ3v) is 2.57. The monoisotopic (exact) mass is 174 g/mol. The van der Waals surface area contributed by atoms with E-state index in [2.05, 4.69) is 30.8 Å². The van der Waals surface area contributed by atoms with Crippen LogP contribution in [0, 0.1) is 5.92 Å². The first-order chi connectivity index (χ1) is 6.42. The van der Waals surface area contributed by atoms with E-state index in [-0.39, 0.29) is 6.10 Å². The van der Waals surface area contributed by atoms with Gasteiger partial charge in [0.05, 0.1) is 6.10 Å². The van der Waals surface area contributed by atoms with Crippen LogP contribution in [-0.2, 0) is 4.74 Å². The van der Waals surface area contributed by atoms with Crippen LogP contribution in [0.25, 0.3) is 0 Å². The Kier molecular flexibility index (Phi) is 2.46. The summed E-state index contributed by atoms with van der Waals surface area (Å²) < 4.78 is 5.67. The lowest BCUT2D eigenvalue weighted by Crippen LogP contribution is -2.04. The van der Waals surface area contributed by atoms with E-state index in [1.165, 1.54) is 5.56 Å². The molecular weight excluding hydrogens is 160 g/mol. The number of hydrogen-bond acceptors (Lipinski definition) is 1. The minimum Gasteiger partial charge on any atom is -0.373 e. The van der Waals surface area contributed by atoms with Gasteiger partial charge in [-0.05, 0) is 12.0 Å². The number of benzene rings is 1. The summed E-state index contributed by atoms with van der Waals surface area (Å²) in [7, 11) is 0. The molecule has 2 rings (SSSR count). The zero-order valence-electron chi connectivity index (χ0n) is 7.65. The second-order valence-electron chi connectivity index (χ2n) is 3.39. The number of rotatable bonds is 2. The van der Waals surface area contributed by atoms with Crippen molar-refractivity contribution in [1.29, 1.82) is 0 Å². The zero-order valence-corrected chi connectivity index (χ0v) is 7.65. The second kappa shape index (κ2) is 3.75. The molecule has 0 unspecified atom stereocenters. The molecule has 1 aromatic rings. The van der Waals surface area contributed by atoms with Crippen molar-refractivity contribution in [2.75, 3.05) is 6.61 Å². The van der Waals surface area contributed by atoms with Gasteiger partial charge in [-0.2, -0.15) is 0 Å². The molecule has 1 aromatic carbocycles. The van der Waals surface area contributed by atoms with Crippen LogP contribution in [0.5, 0.6) is 0 Å². The summed E-state index contributed by atoms with van der Waals surface area (Å²) in [5.74, 6) is 0.488. The molecule has 1 aliphatic heterocycles. The van der Waals surface area contributed by atoms with Gasteiger partial charge in [0.2, 0.25) is 0 Å². The predicted molar refractivity (Wildman–Crippen MR) is 53.4 cm³/mol. The average molecular weight is 174 g/mol. The first-order valence-corrected chi connectivity index (χ1v) is 4.71. The molecular formula is C12H14O. The van der Waals surface area contributed by atoms with Crippen molar-refractivity contribution < 1.29 is 4.74 Å². The molecule has 0 saturated carbocycles. The highest BCUT2D eigenvalue weighted by Gasteiger charge is 2.26. The maximum Gasteiger partial charge on any atom is 0.0888 e. The van der Waals surface area contributed by atoms with Gasteiger partial charge in [0.15, 0.2) is 0 Å². The van der Waals surface area contributed by atoms with E-state index in [1.807, 2.05) is 12.1 Å². The van der Waals surface area contributed by atoms with E-state index >= 15 is 0 Å². The van der Waals surface area contributed by atoms with Gasteiger partial charge >= 0.3 is 0 Å². The Morgan fingerprint density at radius 1 is 1.31 bits per heavy atom. The molecule has 1 fully saturated rings. The molecule has 0 aromatic heterocycles. The predicted octanol–water partition coefficient (Wildman–Crippen LogP) is 2.95. The number of ether oxygens (including phenoxy) is 1. The summed E-state index contributed by atoms with van der Waals surface area (Å²) in [6.45, 7) is 4.70. The Balaban J connectivity index is 2.21. The van der Waals surface area contributed by atoms with Crippen LogP contribution in [0.4, 0.5) is 0 Å². The Bertz CT molecular complexity index is 278. The van der Waals surface area contributed by atoms with Gasteiger partial charge in [-0.3, -0.25) is 0 Å². The zero-order chi connectivity index (χ0) is 9.10. The standard InChI is InChI=1S/C12H14O/c1-2-10-8-9-13-12(10)11-6-4-3-5-7-11/h2-7,10,12H,1,8-9H2/t10-,12-/m1/s1. The van der Waals surface area contributed by atoms with E-state index in [9.17, 15) is 0 Å². The van der Waals surface area contributed by atoms with Gasteiger partial charge in [-0.1, -0.05) is 36.4 Å². The fourth-order valence-corrected chi connectivity index (χ4v) is 1.83. The minimum absolute atomic E-state index is 0.235. The van der Waals surface area contributed by atoms with Gasteiger partial charge in [0, 0.05) is 12.5 Å². The van der Waals surface area contributed by atoms with Crippen LogP contribution in [0.1, 0.15) is 18.1 Å². The van der Waals surface area contributed by atoms with E-state index in [4.69, 9.17) is 4.74 Å². The van der Waals surface area contributed by atoms with Crippen LogP contribution in [0.3, 0.4) is 0 Å². The Labute approximate surface area is 79.0 Å². The van der Waals surface area contributed by atoms with Crippen LogP contribution in [-0.4, -0.2) is 6.61 Å². The van der Waals surface area contributed by atoms with Crippen molar-refractivity contribution in [3.05, 3.63) is 48.6 Å². The van der Waals surface area contributed by atoms with Crippen molar-refractivity contribution in [3.63, 3.8) is 0 Å². The van der Waals surface area contributed by atoms with Crippen LogP contribution in [0.15, 0.2) is 43.0 Å². The highest BCUT2D eigenvalue weighted by Crippen LogP contribution is 2.34. The molecule has 1 heteroatoms. The maximum atomic E-state index is 5.67. The molecule has 0 amide bonds. The molecule has 0 bridgehead atoms. The van der Waals surface area contributed by atoms with Crippen molar-refractivity contribution in [1.82, 2.24) is 0 Å². The maximum absolute atomic E-state index is 5.67. The van der Waals surface area contributed by atoms with E-state index in [0.717, 1.165) is 13.0 Å². The molecule has 0 radical (unpaired) electrons. The first-order valence-electron chi connectivity index (χ1n) is 4.71. The van der Waals surface area contributed by atoms with Crippen LogP contribution in [0.2, 0.25) is 0 Å². The highest BCUT2D eigenvalue weighted by molar-refractivity contribution is 5.20. The molecule has 1 nitrogen and oxygen atoms in total. The Morgan fingerprint density at radius 2 is 2.08 bits per heavy atom. The molecule has 1 saturated heterocycles. The van der Waals surface area contributed by atoms with Gasteiger partial charge in [0.25, 0.3) is 0 Å². The normalized spacial score (nSPS) is 27.4. The lowest BCUT2D eigenvalue weighted by molar-refractivity contribution is 0.0996. The summed E-state index contributed by atoms with van der Waals surface area (Å²) in [5, 5.41) is 0. The van der Waals surface area contributed by atoms with Crippen LogP contribution < -0.4 is 0 Å². The van der Waals surface area contributed by atoms with E-state index < -0.39 is 0 Å². The quantitative estimate of drug-likeness (QED) is 0.626. The van der Waals surface area contributed by atoms with Crippen molar-refractivity contribution in [2.24, 2.45) is 5.92 Å². The third kappa shape index (κ3) is 1.65.